The van der Waals surface area contributed by atoms with Gasteiger partial charge in [0.15, 0.2) is 0 Å². The number of alkyl halides is 3. The number of para-hydroxylation sites is 1. The Hall–Kier alpha value is -2.76. The fraction of sp³-hybridized carbons (Fsp3) is 0.167. The van der Waals surface area contributed by atoms with Crippen molar-refractivity contribution in [3.05, 3.63) is 71.9 Å². The summed E-state index contributed by atoms with van der Waals surface area (Å²) in [5, 5.41) is 3.77. The Kier molecular flexibility index (Phi) is 4.29. The predicted molar refractivity (Wildman–Crippen MR) is 85.2 cm³/mol. The van der Waals surface area contributed by atoms with Crippen LogP contribution < -0.4 is 5.32 Å². The minimum absolute atomic E-state index is 0.161. The molecular formula is C18H15F3N2O. The third-order valence-corrected chi connectivity index (χ3v) is 3.77. The number of hydrogen-bond donors (Lipinski definition) is 1. The monoisotopic (exact) mass is 332 g/mol. The normalized spacial score (nSPS) is 11.6. The Labute approximate surface area is 136 Å². The van der Waals surface area contributed by atoms with Crippen molar-refractivity contribution in [2.45, 2.75) is 19.3 Å². The molecule has 0 aliphatic rings. The lowest BCUT2D eigenvalue weighted by Crippen LogP contribution is -2.26. The zero-order chi connectivity index (χ0) is 17.2. The number of aromatic nitrogens is 1. The number of halogens is 3. The predicted octanol–water partition coefficient (Wildman–Crippen LogP) is 3.98. The summed E-state index contributed by atoms with van der Waals surface area (Å²) < 4.78 is 39.3. The summed E-state index contributed by atoms with van der Waals surface area (Å²) in [7, 11) is 0. The van der Waals surface area contributed by atoms with E-state index >= 15 is 0 Å². The van der Waals surface area contributed by atoms with Gasteiger partial charge in [-0.15, -0.1) is 0 Å². The molecule has 124 valence electrons. The molecule has 0 bridgehead atoms. The van der Waals surface area contributed by atoms with Gasteiger partial charge < -0.3 is 9.88 Å². The van der Waals surface area contributed by atoms with E-state index in [9.17, 15) is 18.0 Å². The minimum atomic E-state index is -4.35. The number of amides is 1. The van der Waals surface area contributed by atoms with Gasteiger partial charge in [-0.25, -0.2) is 0 Å². The quantitative estimate of drug-likeness (QED) is 0.770. The highest BCUT2D eigenvalue weighted by molar-refractivity contribution is 5.83. The van der Waals surface area contributed by atoms with Crippen molar-refractivity contribution < 1.29 is 18.0 Å². The van der Waals surface area contributed by atoms with E-state index in [1.54, 1.807) is 0 Å². The molecule has 3 nitrogen and oxygen atoms in total. The summed E-state index contributed by atoms with van der Waals surface area (Å²) in [5.41, 5.74) is 0.882. The Morgan fingerprint density at radius 1 is 1.00 bits per heavy atom. The number of hydrogen-bond acceptors (Lipinski definition) is 1. The van der Waals surface area contributed by atoms with Gasteiger partial charge in [-0.05, 0) is 35.2 Å². The van der Waals surface area contributed by atoms with Crippen LogP contribution in [0.25, 0.3) is 10.9 Å². The highest BCUT2D eigenvalue weighted by atomic mass is 19.4. The van der Waals surface area contributed by atoms with Gasteiger partial charge in [0.2, 0.25) is 5.91 Å². The van der Waals surface area contributed by atoms with Crippen LogP contribution in [0.1, 0.15) is 11.1 Å². The van der Waals surface area contributed by atoms with Gasteiger partial charge in [0, 0.05) is 18.3 Å². The molecule has 0 saturated heterocycles. The van der Waals surface area contributed by atoms with Crippen LogP contribution in [0.2, 0.25) is 0 Å². The zero-order valence-corrected chi connectivity index (χ0v) is 12.7. The first-order valence-corrected chi connectivity index (χ1v) is 7.40. The van der Waals surface area contributed by atoms with Gasteiger partial charge in [-0.1, -0.05) is 30.3 Å². The molecule has 1 amide bonds. The number of benzene rings is 2. The molecule has 0 unspecified atom stereocenters. The molecule has 24 heavy (non-hydrogen) atoms. The van der Waals surface area contributed by atoms with Gasteiger partial charge in [-0.3, -0.25) is 4.79 Å². The van der Waals surface area contributed by atoms with Crippen molar-refractivity contribution in [1.82, 2.24) is 9.88 Å². The van der Waals surface area contributed by atoms with Crippen LogP contribution in [0, 0.1) is 0 Å². The summed E-state index contributed by atoms with van der Waals surface area (Å²) in [6.07, 6.45) is -2.51. The van der Waals surface area contributed by atoms with Crippen molar-refractivity contribution in [3.63, 3.8) is 0 Å². The Morgan fingerprint density at radius 3 is 2.42 bits per heavy atom. The lowest BCUT2D eigenvalue weighted by atomic mass is 10.1. The van der Waals surface area contributed by atoms with E-state index in [0.717, 1.165) is 23.0 Å². The van der Waals surface area contributed by atoms with Crippen LogP contribution in [0.3, 0.4) is 0 Å². The van der Waals surface area contributed by atoms with E-state index in [1.165, 1.54) is 12.1 Å². The topological polar surface area (TPSA) is 34.0 Å². The Bertz CT molecular complexity index is 851. The van der Waals surface area contributed by atoms with E-state index in [1.807, 2.05) is 41.1 Å². The lowest BCUT2D eigenvalue weighted by molar-refractivity contribution is -0.137. The van der Waals surface area contributed by atoms with Crippen molar-refractivity contribution in [2.75, 3.05) is 0 Å². The smallest absolute Gasteiger partial charge is 0.350 e. The average molecular weight is 332 g/mol. The second kappa shape index (κ2) is 6.39. The van der Waals surface area contributed by atoms with Crippen molar-refractivity contribution >= 4 is 16.8 Å². The molecule has 1 heterocycles. The summed E-state index contributed by atoms with van der Waals surface area (Å²) in [5.74, 6) is -0.198. The lowest BCUT2D eigenvalue weighted by Gasteiger charge is -2.09. The standard InChI is InChI=1S/C18H15F3N2O/c19-18(20,21)15-7-5-13(6-8-15)11-22-17(24)12-23-10-9-14-3-1-2-4-16(14)23/h1-10H,11-12H2,(H,22,24). The van der Waals surface area contributed by atoms with E-state index < -0.39 is 11.7 Å². The average Bonchev–Trinajstić information content (AvgIpc) is 2.96. The Morgan fingerprint density at radius 2 is 1.71 bits per heavy atom. The highest BCUT2D eigenvalue weighted by Crippen LogP contribution is 2.29. The van der Waals surface area contributed by atoms with Gasteiger partial charge in [0.25, 0.3) is 0 Å². The third-order valence-electron chi connectivity index (χ3n) is 3.77. The number of nitrogens with zero attached hydrogens (tertiary/aromatic N) is 1. The number of nitrogens with one attached hydrogen (secondary N) is 1. The van der Waals surface area contributed by atoms with E-state index in [0.29, 0.717) is 5.56 Å². The van der Waals surface area contributed by atoms with Gasteiger partial charge in [0.05, 0.1) is 5.56 Å². The molecule has 6 heteroatoms. The van der Waals surface area contributed by atoms with Crippen LogP contribution >= 0.6 is 0 Å². The van der Waals surface area contributed by atoms with Crippen LogP contribution in [0.4, 0.5) is 13.2 Å². The molecule has 0 atom stereocenters. The first kappa shape index (κ1) is 16.1. The summed E-state index contributed by atoms with van der Waals surface area (Å²) in [4.78, 5) is 12.0. The van der Waals surface area contributed by atoms with Gasteiger partial charge in [0.1, 0.15) is 6.54 Å². The number of carbonyl (C=O) groups excluding carboxylic acids is 1. The van der Waals surface area contributed by atoms with Crippen LogP contribution in [-0.4, -0.2) is 10.5 Å². The fourth-order valence-electron chi connectivity index (χ4n) is 2.50. The number of fused-ring (bicyclic) bond motifs is 1. The molecule has 3 aromatic rings. The van der Waals surface area contributed by atoms with E-state index in [-0.39, 0.29) is 19.0 Å². The molecule has 0 aliphatic carbocycles. The van der Waals surface area contributed by atoms with E-state index in [4.69, 9.17) is 0 Å². The summed E-state index contributed by atoms with van der Waals surface area (Å²) >= 11 is 0. The largest absolute Gasteiger partial charge is 0.416 e. The van der Waals surface area contributed by atoms with Gasteiger partial charge in [-0.2, -0.15) is 13.2 Å². The zero-order valence-electron chi connectivity index (χ0n) is 12.7. The molecule has 0 radical (unpaired) electrons. The summed E-state index contributed by atoms with van der Waals surface area (Å²) in [6.45, 7) is 0.352. The molecule has 1 aromatic heterocycles. The fourth-order valence-corrected chi connectivity index (χ4v) is 2.50. The Balaban J connectivity index is 1.59. The first-order chi connectivity index (χ1) is 11.4. The second-order valence-electron chi connectivity index (χ2n) is 5.47. The number of rotatable bonds is 4. The number of carbonyl (C=O) groups is 1. The van der Waals surface area contributed by atoms with E-state index in [2.05, 4.69) is 5.32 Å². The molecule has 0 fully saturated rings. The maximum atomic E-state index is 12.5. The van der Waals surface area contributed by atoms with Crippen molar-refractivity contribution in [2.24, 2.45) is 0 Å². The summed E-state index contributed by atoms with van der Waals surface area (Å²) in [6, 6.07) is 14.4. The first-order valence-electron chi connectivity index (χ1n) is 7.40. The van der Waals surface area contributed by atoms with Crippen LogP contribution in [0.15, 0.2) is 60.8 Å². The third kappa shape index (κ3) is 3.59. The van der Waals surface area contributed by atoms with Gasteiger partial charge >= 0.3 is 6.18 Å². The molecular weight excluding hydrogens is 317 g/mol. The second-order valence-corrected chi connectivity index (χ2v) is 5.47. The minimum Gasteiger partial charge on any atom is -0.350 e. The molecule has 1 N–H and O–H groups in total. The molecule has 3 rings (SSSR count). The van der Waals surface area contributed by atoms with Crippen molar-refractivity contribution in [3.8, 4) is 0 Å². The molecule has 0 aliphatic heterocycles. The van der Waals surface area contributed by atoms with Crippen LogP contribution in [-0.2, 0) is 24.1 Å². The highest BCUT2D eigenvalue weighted by Gasteiger charge is 2.29. The molecule has 0 saturated carbocycles. The van der Waals surface area contributed by atoms with Crippen LogP contribution in [0.5, 0.6) is 0 Å². The SMILES string of the molecule is O=C(Cn1ccc2ccccc21)NCc1ccc(C(F)(F)F)cc1. The maximum absolute atomic E-state index is 12.5. The molecule has 0 spiro atoms. The van der Waals surface area contributed by atoms with Crippen molar-refractivity contribution in [1.29, 1.82) is 0 Å². The maximum Gasteiger partial charge on any atom is 0.416 e. The molecule has 2 aromatic carbocycles.